The second-order valence-corrected chi connectivity index (χ2v) is 6.17. The molecule has 1 aliphatic rings. The van der Waals surface area contributed by atoms with E-state index in [-0.39, 0.29) is 5.91 Å². The van der Waals surface area contributed by atoms with Crippen LogP contribution in [0.5, 0.6) is 0 Å². The van der Waals surface area contributed by atoms with Gasteiger partial charge in [-0.25, -0.2) is 0 Å². The normalized spacial score (nSPS) is 21.9. The summed E-state index contributed by atoms with van der Waals surface area (Å²) in [5.41, 5.74) is 0.501. The summed E-state index contributed by atoms with van der Waals surface area (Å²) < 4.78 is -1.37. The summed E-state index contributed by atoms with van der Waals surface area (Å²) in [6.45, 7) is 6.03. The van der Waals surface area contributed by atoms with Gasteiger partial charge in [-0.15, -0.1) is 0 Å². The molecule has 1 heterocycles. The fourth-order valence-electron chi connectivity index (χ4n) is 1.88. The second-order valence-electron chi connectivity index (χ2n) is 4.84. The van der Waals surface area contributed by atoms with E-state index in [1.807, 2.05) is 50.7 Å². The first-order chi connectivity index (χ1) is 7.84. The molecule has 0 unspecified atom stereocenters. The van der Waals surface area contributed by atoms with E-state index >= 15 is 0 Å². The molecule has 0 saturated carbocycles. The van der Waals surface area contributed by atoms with Gasteiger partial charge in [0.15, 0.2) is 0 Å². The van der Waals surface area contributed by atoms with Crippen molar-refractivity contribution in [1.82, 2.24) is 4.90 Å². The molecule has 4 heteroatoms. The topological polar surface area (TPSA) is 20.3 Å². The number of hydrogen-bond acceptors (Lipinski definition) is 1. The predicted molar refractivity (Wildman–Crippen MR) is 69.5 cm³/mol. The molecule has 91 valence electrons. The summed E-state index contributed by atoms with van der Waals surface area (Å²) in [6, 6.07) is 9.76. The highest BCUT2D eigenvalue weighted by Gasteiger charge is 2.57. The van der Waals surface area contributed by atoms with E-state index in [1.165, 1.54) is 0 Å². The van der Waals surface area contributed by atoms with Gasteiger partial charge in [-0.05, 0) is 5.56 Å². The van der Waals surface area contributed by atoms with Gasteiger partial charge >= 0.3 is 0 Å². The first kappa shape index (κ1) is 12.7. The lowest BCUT2D eigenvalue weighted by atomic mass is 9.92. The lowest BCUT2D eigenvalue weighted by molar-refractivity contribution is -0.128. The Bertz CT molecular complexity index is 428. The fourth-order valence-corrected chi connectivity index (χ4v) is 2.20. The number of likely N-dealkylation sites (tertiary alicyclic amines) is 1. The Labute approximate surface area is 112 Å². The molecule has 0 aliphatic carbocycles. The first-order valence-corrected chi connectivity index (χ1v) is 6.19. The molecule has 1 saturated heterocycles. The molecule has 1 aromatic rings. The molecule has 1 amide bonds. The molecular weight excluding hydrogens is 257 g/mol. The Morgan fingerprint density at radius 1 is 1.18 bits per heavy atom. The lowest BCUT2D eigenvalue weighted by Gasteiger charge is -2.24. The summed E-state index contributed by atoms with van der Waals surface area (Å²) in [7, 11) is 0. The van der Waals surface area contributed by atoms with Crippen LogP contribution < -0.4 is 0 Å². The number of rotatable bonds is 2. The van der Waals surface area contributed by atoms with Crippen molar-refractivity contribution in [3.05, 3.63) is 42.4 Å². The first-order valence-electron chi connectivity index (χ1n) is 5.43. The van der Waals surface area contributed by atoms with Gasteiger partial charge in [0.1, 0.15) is 0 Å². The molecule has 1 aromatic carbocycles. The molecular formula is C13H14Cl2NO. The zero-order chi connectivity index (χ0) is 12.7. The van der Waals surface area contributed by atoms with E-state index in [9.17, 15) is 4.79 Å². The third kappa shape index (κ3) is 2.16. The molecule has 0 atom stereocenters. The Morgan fingerprint density at radius 2 is 1.76 bits per heavy atom. The average Bonchev–Trinajstić information content (AvgIpc) is 2.41. The van der Waals surface area contributed by atoms with Gasteiger partial charge in [-0.3, -0.25) is 4.79 Å². The van der Waals surface area contributed by atoms with E-state index in [1.54, 1.807) is 4.90 Å². The second kappa shape index (κ2) is 4.18. The Kier molecular flexibility index (Phi) is 3.13. The molecule has 1 aliphatic heterocycles. The Hall–Kier alpha value is -0.730. The predicted octanol–water partition coefficient (Wildman–Crippen LogP) is 3.39. The smallest absolute Gasteiger partial charge is 0.260 e. The monoisotopic (exact) mass is 270 g/mol. The Balaban J connectivity index is 2.18. The number of hydrogen-bond donors (Lipinski definition) is 0. The Morgan fingerprint density at radius 3 is 2.24 bits per heavy atom. The van der Waals surface area contributed by atoms with Crippen molar-refractivity contribution in [3.63, 3.8) is 0 Å². The molecule has 1 radical (unpaired) electrons. The SMILES string of the molecule is CC1(C)[CH]N(Cc2ccccc2)C(=O)C1(Cl)Cl. The van der Waals surface area contributed by atoms with E-state index in [2.05, 4.69) is 0 Å². The van der Waals surface area contributed by atoms with Crippen LogP contribution in [0.15, 0.2) is 30.3 Å². The van der Waals surface area contributed by atoms with Crippen molar-refractivity contribution in [2.75, 3.05) is 0 Å². The van der Waals surface area contributed by atoms with Crippen LogP contribution in [0.3, 0.4) is 0 Å². The van der Waals surface area contributed by atoms with Gasteiger partial charge in [-0.1, -0.05) is 67.4 Å². The summed E-state index contributed by atoms with van der Waals surface area (Å²) in [6.07, 6.45) is 0. The van der Waals surface area contributed by atoms with Crippen LogP contribution in [0.4, 0.5) is 0 Å². The highest BCUT2D eigenvalue weighted by Crippen LogP contribution is 2.50. The summed E-state index contributed by atoms with van der Waals surface area (Å²) in [5.74, 6) is -0.255. The number of nitrogens with zero attached hydrogens (tertiary/aromatic N) is 1. The molecule has 2 nitrogen and oxygen atoms in total. The number of halogens is 2. The van der Waals surface area contributed by atoms with Gasteiger partial charge in [0.25, 0.3) is 5.91 Å². The summed E-state index contributed by atoms with van der Waals surface area (Å²) >= 11 is 12.2. The summed E-state index contributed by atoms with van der Waals surface area (Å²) in [5, 5.41) is 0. The minimum atomic E-state index is -1.37. The van der Waals surface area contributed by atoms with Gasteiger partial charge < -0.3 is 4.90 Å². The van der Waals surface area contributed by atoms with Gasteiger partial charge in [0.05, 0.1) is 6.54 Å². The van der Waals surface area contributed by atoms with Crippen LogP contribution in [0.25, 0.3) is 0 Å². The van der Waals surface area contributed by atoms with Crippen molar-refractivity contribution in [1.29, 1.82) is 0 Å². The molecule has 0 N–H and O–H groups in total. The number of amides is 1. The van der Waals surface area contributed by atoms with Crippen molar-refractivity contribution in [3.8, 4) is 0 Å². The molecule has 0 aromatic heterocycles. The van der Waals surface area contributed by atoms with Crippen LogP contribution >= 0.6 is 23.2 Å². The maximum absolute atomic E-state index is 12.1. The van der Waals surface area contributed by atoms with E-state index in [4.69, 9.17) is 23.2 Å². The maximum Gasteiger partial charge on any atom is 0.260 e. The largest absolute Gasteiger partial charge is 0.330 e. The van der Waals surface area contributed by atoms with Gasteiger partial charge in [-0.2, -0.15) is 0 Å². The van der Waals surface area contributed by atoms with Crippen molar-refractivity contribution < 1.29 is 4.79 Å². The van der Waals surface area contributed by atoms with E-state index < -0.39 is 9.75 Å². The zero-order valence-corrected chi connectivity index (χ0v) is 11.3. The van der Waals surface area contributed by atoms with Crippen LogP contribution in [0.2, 0.25) is 0 Å². The number of benzene rings is 1. The van der Waals surface area contributed by atoms with E-state index in [0.29, 0.717) is 6.54 Å². The van der Waals surface area contributed by atoms with Gasteiger partial charge in [0, 0.05) is 12.0 Å². The quantitative estimate of drug-likeness (QED) is 0.755. The van der Waals surface area contributed by atoms with Crippen LogP contribution in [-0.4, -0.2) is 15.1 Å². The van der Waals surface area contributed by atoms with Crippen molar-refractivity contribution in [2.45, 2.75) is 24.7 Å². The highest BCUT2D eigenvalue weighted by atomic mass is 35.5. The minimum absolute atomic E-state index is 0.255. The number of carbonyl (C=O) groups excluding carboxylic acids is 1. The average molecular weight is 271 g/mol. The fraction of sp³-hybridized carbons (Fsp3) is 0.385. The van der Waals surface area contributed by atoms with Crippen LogP contribution in [-0.2, 0) is 11.3 Å². The lowest BCUT2D eigenvalue weighted by Crippen LogP contribution is -2.36. The third-order valence-electron chi connectivity index (χ3n) is 3.01. The summed E-state index contributed by atoms with van der Waals surface area (Å²) in [4.78, 5) is 13.7. The maximum atomic E-state index is 12.1. The van der Waals surface area contributed by atoms with Gasteiger partial charge in [0.2, 0.25) is 4.33 Å². The number of carbonyl (C=O) groups is 1. The third-order valence-corrected chi connectivity index (χ3v) is 4.31. The van der Waals surface area contributed by atoms with Crippen LogP contribution in [0, 0.1) is 12.0 Å². The molecule has 17 heavy (non-hydrogen) atoms. The van der Waals surface area contributed by atoms with Crippen molar-refractivity contribution in [2.24, 2.45) is 5.41 Å². The molecule has 0 spiro atoms. The highest BCUT2D eigenvalue weighted by molar-refractivity contribution is 6.59. The van der Waals surface area contributed by atoms with E-state index in [0.717, 1.165) is 5.56 Å². The van der Waals surface area contributed by atoms with Crippen LogP contribution in [0.1, 0.15) is 19.4 Å². The molecule has 2 rings (SSSR count). The molecule has 0 bridgehead atoms. The minimum Gasteiger partial charge on any atom is -0.330 e. The van der Waals surface area contributed by atoms with Crippen molar-refractivity contribution >= 4 is 29.1 Å². The zero-order valence-electron chi connectivity index (χ0n) is 9.78. The standard InChI is InChI=1S/C13H14Cl2NO/c1-12(2)9-16(11(17)13(12,14)15)8-10-6-4-3-5-7-10/h3-7,9H,8H2,1-2H3. The number of alkyl halides is 2. The molecule has 1 fully saturated rings.